The highest BCUT2D eigenvalue weighted by Crippen LogP contribution is 2.30. The van der Waals surface area contributed by atoms with Gasteiger partial charge in [0.25, 0.3) is 5.91 Å². The van der Waals surface area contributed by atoms with Gasteiger partial charge in [0.15, 0.2) is 0 Å². The monoisotopic (exact) mass is 369 g/mol. The highest BCUT2D eigenvalue weighted by atomic mass is 79.9. The van der Waals surface area contributed by atoms with Crippen LogP contribution in [0.2, 0.25) is 0 Å². The number of nitrogens with one attached hydrogen (secondary N) is 1. The second kappa shape index (κ2) is 6.11. The largest absolute Gasteiger partial charge is 0.495 e. The zero-order valence-corrected chi connectivity index (χ0v) is 14.6. The number of ether oxygens (including phenoxy) is 1. The third-order valence-electron chi connectivity index (χ3n) is 2.81. The van der Waals surface area contributed by atoms with Crippen molar-refractivity contribution in [2.45, 2.75) is 26.2 Å². The second-order valence-corrected chi connectivity index (χ2v) is 7.17. The standard InChI is InChI=1S/C14H16BrN3O2S/c1-14(2,3)12-11(21-18-17-12)13(19)16-9-7-8(15)5-6-10(9)20-4/h5-7H,1-4H3,(H,16,19). The smallest absolute Gasteiger partial charge is 0.269 e. The maximum absolute atomic E-state index is 12.5. The van der Waals surface area contributed by atoms with Crippen molar-refractivity contribution in [2.24, 2.45) is 0 Å². The fourth-order valence-electron chi connectivity index (χ4n) is 1.79. The van der Waals surface area contributed by atoms with Crippen LogP contribution in [0.1, 0.15) is 36.1 Å². The van der Waals surface area contributed by atoms with Crippen LogP contribution in [0.25, 0.3) is 0 Å². The fourth-order valence-corrected chi connectivity index (χ4v) is 2.92. The summed E-state index contributed by atoms with van der Waals surface area (Å²) in [5.41, 5.74) is 1.06. The van der Waals surface area contributed by atoms with Crippen molar-refractivity contribution in [3.63, 3.8) is 0 Å². The Morgan fingerprint density at radius 2 is 2.10 bits per heavy atom. The molecule has 0 spiro atoms. The minimum Gasteiger partial charge on any atom is -0.495 e. The molecule has 7 heteroatoms. The van der Waals surface area contributed by atoms with E-state index in [2.05, 4.69) is 30.8 Å². The molecule has 0 saturated carbocycles. The number of carbonyl (C=O) groups excluding carboxylic acids is 1. The van der Waals surface area contributed by atoms with Crippen molar-refractivity contribution in [3.8, 4) is 5.75 Å². The van der Waals surface area contributed by atoms with Crippen LogP contribution >= 0.6 is 27.5 Å². The number of nitrogens with zero attached hydrogens (tertiary/aromatic N) is 2. The number of benzene rings is 1. The van der Waals surface area contributed by atoms with Crippen LogP contribution in [0, 0.1) is 0 Å². The van der Waals surface area contributed by atoms with Gasteiger partial charge in [-0.25, -0.2) is 0 Å². The van der Waals surface area contributed by atoms with Gasteiger partial charge in [0.05, 0.1) is 18.5 Å². The highest BCUT2D eigenvalue weighted by Gasteiger charge is 2.26. The zero-order chi connectivity index (χ0) is 15.6. The van der Waals surface area contributed by atoms with Crippen molar-refractivity contribution in [1.29, 1.82) is 0 Å². The lowest BCUT2D eigenvalue weighted by Crippen LogP contribution is -2.20. The number of anilines is 1. The van der Waals surface area contributed by atoms with Crippen molar-refractivity contribution in [2.75, 3.05) is 12.4 Å². The summed E-state index contributed by atoms with van der Waals surface area (Å²) in [6.45, 7) is 6.00. The molecule has 5 nitrogen and oxygen atoms in total. The molecule has 21 heavy (non-hydrogen) atoms. The van der Waals surface area contributed by atoms with Gasteiger partial charge in [-0.15, -0.1) is 5.10 Å². The molecule has 1 N–H and O–H groups in total. The summed E-state index contributed by atoms with van der Waals surface area (Å²) < 4.78 is 10.0. The molecule has 1 aromatic carbocycles. The average molecular weight is 370 g/mol. The molecule has 1 heterocycles. The summed E-state index contributed by atoms with van der Waals surface area (Å²) in [7, 11) is 1.56. The van der Waals surface area contributed by atoms with Gasteiger partial charge >= 0.3 is 0 Å². The highest BCUT2D eigenvalue weighted by molar-refractivity contribution is 9.10. The first kappa shape index (κ1) is 15.9. The molecule has 1 aromatic heterocycles. The predicted octanol–water partition coefficient (Wildman–Crippen LogP) is 3.86. The van der Waals surface area contributed by atoms with Crippen molar-refractivity contribution < 1.29 is 9.53 Å². The molecule has 0 aliphatic rings. The molecule has 0 atom stereocenters. The molecule has 0 saturated heterocycles. The lowest BCUT2D eigenvalue weighted by molar-refractivity contribution is 0.102. The van der Waals surface area contributed by atoms with Gasteiger partial charge < -0.3 is 10.1 Å². The summed E-state index contributed by atoms with van der Waals surface area (Å²) in [5, 5.41) is 6.93. The number of aromatic nitrogens is 2. The van der Waals surface area contributed by atoms with Gasteiger partial charge in [0.2, 0.25) is 0 Å². The second-order valence-electron chi connectivity index (χ2n) is 5.50. The topological polar surface area (TPSA) is 64.1 Å². The number of amides is 1. The zero-order valence-electron chi connectivity index (χ0n) is 12.2. The summed E-state index contributed by atoms with van der Waals surface area (Å²) in [6.07, 6.45) is 0. The first-order valence-corrected chi connectivity index (χ1v) is 7.87. The average Bonchev–Trinajstić information content (AvgIpc) is 2.88. The summed E-state index contributed by atoms with van der Waals surface area (Å²) >= 11 is 4.48. The van der Waals surface area contributed by atoms with Gasteiger partial charge in [0.1, 0.15) is 10.6 Å². The van der Waals surface area contributed by atoms with Gasteiger partial charge in [-0.05, 0) is 29.7 Å². The maximum Gasteiger partial charge on any atom is 0.269 e. The number of hydrogen-bond donors (Lipinski definition) is 1. The lowest BCUT2D eigenvalue weighted by Gasteiger charge is -2.16. The van der Waals surface area contributed by atoms with E-state index in [9.17, 15) is 4.79 Å². The maximum atomic E-state index is 12.5. The molecule has 0 aliphatic carbocycles. The van der Waals surface area contributed by atoms with Crippen molar-refractivity contribution >= 4 is 39.1 Å². The van der Waals surface area contributed by atoms with E-state index < -0.39 is 0 Å². The molecule has 1 amide bonds. The van der Waals surface area contributed by atoms with Crippen LogP contribution in [0.15, 0.2) is 22.7 Å². The number of carbonyl (C=O) groups is 1. The molecule has 0 radical (unpaired) electrons. The summed E-state index contributed by atoms with van der Waals surface area (Å²) in [5.74, 6) is 0.368. The lowest BCUT2D eigenvalue weighted by atomic mass is 9.91. The van der Waals surface area contributed by atoms with E-state index in [0.29, 0.717) is 22.0 Å². The number of methoxy groups -OCH3 is 1. The predicted molar refractivity (Wildman–Crippen MR) is 87.3 cm³/mol. The fraction of sp³-hybridized carbons (Fsp3) is 0.357. The van der Waals surface area contributed by atoms with E-state index in [1.54, 1.807) is 19.2 Å². The Balaban J connectivity index is 2.31. The van der Waals surface area contributed by atoms with Crippen molar-refractivity contribution in [1.82, 2.24) is 9.59 Å². The number of hydrogen-bond acceptors (Lipinski definition) is 5. The summed E-state index contributed by atoms with van der Waals surface area (Å²) in [6, 6.07) is 5.43. The third-order valence-corrected chi connectivity index (χ3v) is 4.03. The van der Waals surface area contributed by atoms with Crippen LogP contribution in [0.4, 0.5) is 5.69 Å². The molecular weight excluding hydrogens is 354 g/mol. The van der Waals surface area contributed by atoms with Gasteiger partial charge in [-0.2, -0.15) is 0 Å². The minimum atomic E-state index is -0.235. The molecule has 0 aliphatic heterocycles. The van der Waals surface area contributed by atoms with E-state index in [4.69, 9.17) is 4.74 Å². The van der Waals surface area contributed by atoms with Crippen LogP contribution in [0.5, 0.6) is 5.75 Å². The molecule has 2 rings (SSSR count). The van der Waals surface area contributed by atoms with Gasteiger partial charge in [-0.3, -0.25) is 4.79 Å². The summed E-state index contributed by atoms with van der Waals surface area (Å²) in [4.78, 5) is 13.0. The Hall–Kier alpha value is -1.47. The molecular formula is C14H16BrN3O2S. The molecule has 0 unspecified atom stereocenters. The first-order chi connectivity index (χ1) is 9.82. The normalized spacial score (nSPS) is 11.3. The van der Waals surface area contributed by atoms with Crippen LogP contribution < -0.4 is 10.1 Å². The van der Waals surface area contributed by atoms with E-state index in [1.165, 1.54) is 0 Å². The van der Waals surface area contributed by atoms with Crippen molar-refractivity contribution in [3.05, 3.63) is 33.2 Å². The Bertz CT molecular complexity index is 664. The Labute approximate surface area is 136 Å². The van der Waals surface area contributed by atoms with Gasteiger partial charge in [-0.1, -0.05) is 41.2 Å². The quantitative estimate of drug-likeness (QED) is 0.891. The Morgan fingerprint density at radius 1 is 1.38 bits per heavy atom. The molecule has 0 bridgehead atoms. The third kappa shape index (κ3) is 3.59. The number of halogens is 1. The Kier molecular flexibility index (Phi) is 4.63. The van der Waals surface area contributed by atoms with E-state index >= 15 is 0 Å². The van der Waals surface area contributed by atoms with Crippen LogP contribution in [-0.4, -0.2) is 22.6 Å². The van der Waals surface area contributed by atoms with Gasteiger partial charge in [0, 0.05) is 9.89 Å². The van der Waals surface area contributed by atoms with Crippen LogP contribution in [-0.2, 0) is 5.41 Å². The van der Waals surface area contributed by atoms with E-state index in [-0.39, 0.29) is 11.3 Å². The SMILES string of the molecule is COc1ccc(Br)cc1NC(=O)c1snnc1C(C)(C)C. The van der Waals surface area contributed by atoms with E-state index in [0.717, 1.165) is 16.0 Å². The first-order valence-electron chi connectivity index (χ1n) is 6.30. The molecule has 0 fully saturated rings. The Morgan fingerprint density at radius 3 is 2.71 bits per heavy atom. The minimum absolute atomic E-state index is 0.230. The van der Waals surface area contributed by atoms with Crippen LogP contribution in [0.3, 0.4) is 0 Å². The van der Waals surface area contributed by atoms with E-state index in [1.807, 2.05) is 26.8 Å². The molecule has 2 aromatic rings. The number of rotatable bonds is 3. The molecule has 112 valence electrons.